The van der Waals surface area contributed by atoms with Crippen molar-refractivity contribution in [2.24, 2.45) is 16.7 Å². The van der Waals surface area contributed by atoms with Gasteiger partial charge in [0, 0.05) is 31.7 Å². The quantitative estimate of drug-likeness (QED) is 0.286. The van der Waals surface area contributed by atoms with Gasteiger partial charge in [0.2, 0.25) is 5.91 Å². The average Bonchev–Trinajstić information content (AvgIpc) is 3.35. The van der Waals surface area contributed by atoms with Crippen LogP contribution in [0.1, 0.15) is 94.5 Å². The third-order valence-electron chi connectivity index (χ3n) is 10.2. The molecule has 2 aliphatic carbocycles. The van der Waals surface area contributed by atoms with Gasteiger partial charge in [-0.25, -0.2) is 0 Å². The zero-order valence-electron chi connectivity index (χ0n) is 27.0. The van der Waals surface area contributed by atoms with E-state index in [1.807, 2.05) is 6.92 Å². The first-order valence-electron chi connectivity index (χ1n) is 16.0. The van der Waals surface area contributed by atoms with Crippen molar-refractivity contribution in [1.29, 1.82) is 5.26 Å². The van der Waals surface area contributed by atoms with Crippen LogP contribution in [0.15, 0.2) is 12.1 Å². The molecule has 0 radical (unpaired) electrons. The third-order valence-corrected chi connectivity index (χ3v) is 10.2. The number of likely N-dealkylation sites (tertiary alicyclic amines) is 1. The van der Waals surface area contributed by atoms with Gasteiger partial charge in [-0.3, -0.25) is 19.3 Å². The summed E-state index contributed by atoms with van der Waals surface area (Å²) in [4.78, 5) is 40.7. The number of nitrogens with zero attached hydrogens (tertiary/aromatic N) is 2. The molecule has 1 aliphatic heterocycles. The predicted octanol–water partition coefficient (Wildman–Crippen LogP) is 5.05. The monoisotopic (exact) mass is 650 g/mol. The van der Waals surface area contributed by atoms with Crippen LogP contribution in [0, 0.1) is 28.1 Å². The number of methoxy groups -OCH3 is 1. The highest BCUT2D eigenvalue weighted by molar-refractivity contribution is 5.98. The molecule has 1 aromatic carbocycles. The Balaban J connectivity index is 1.56. The van der Waals surface area contributed by atoms with Crippen LogP contribution in [0.3, 0.4) is 0 Å². The van der Waals surface area contributed by atoms with Crippen molar-refractivity contribution in [3.63, 3.8) is 0 Å². The number of halogens is 3. The molecule has 3 atom stereocenters. The molecule has 2 amide bonds. The smallest absolute Gasteiger partial charge is 0.390 e. The third kappa shape index (κ3) is 8.06. The molecule has 4 rings (SSSR count). The Labute approximate surface area is 268 Å². The van der Waals surface area contributed by atoms with Gasteiger partial charge in [0.25, 0.3) is 5.91 Å². The normalized spacial score (nSPS) is 27.6. The van der Waals surface area contributed by atoms with Crippen molar-refractivity contribution >= 4 is 17.8 Å². The lowest BCUT2D eigenvalue weighted by Gasteiger charge is -2.39. The van der Waals surface area contributed by atoms with E-state index in [1.165, 1.54) is 19.2 Å². The molecule has 3 fully saturated rings. The fourth-order valence-electron chi connectivity index (χ4n) is 6.98. The van der Waals surface area contributed by atoms with E-state index in [0.29, 0.717) is 38.6 Å². The number of carbonyl (C=O) groups is 3. The predicted molar refractivity (Wildman–Crippen MR) is 162 cm³/mol. The minimum absolute atomic E-state index is 0.0124. The van der Waals surface area contributed by atoms with Gasteiger partial charge in [0.05, 0.1) is 48.1 Å². The van der Waals surface area contributed by atoms with Gasteiger partial charge >= 0.3 is 12.1 Å². The summed E-state index contributed by atoms with van der Waals surface area (Å²) in [7, 11) is 1.35. The van der Waals surface area contributed by atoms with Crippen molar-refractivity contribution in [1.82, 2.24) is 15.5 Å². The topological polar surface area (TPSA) is 141 Å². The lowest BCUT2D eigenvalue weighted by Crippen LogP contribution is -2.50. The van der Waals surface area contributed by atoms with E-state index in [0.717, 1.165) is 19.3 Å². The molecular formula is C33H45F3N4O6. The Bertz CT molecular complexity index is 1330. The number of carboxylic acids is 1. The zero-order valence-corrected chi connectivity index (χ0v) is 27.0. The number of benzene rings is 1. The van der Waals surface area contributed by atoms with Crippen molar-refractivity contribution in [3.05, 3.63) is 23.3 Å². The number of nitrogens with one attached hydrogen (secondary N) is 2. The van der Waals surface area contributed by atoms with E-state index < -0.39 is 47.9 Å². The average molecular weight is 651 g/mol. The van der Waals surface area contributed by atoms with Gasteiger partial charge < -0.3 is 25.2 Å². The number of carbonyl (C=O) groups excluding carboxylic acids is 2. The molecule has 254 valence electrons. The number of hydrogen-bond donors (Lipinski definition) is 3. The highest BCUT2D eigenvalue weighted by Crippen LogP contribution is 2.41. The Morgan fingerprint density at radius 3 is 2.33 bits per heavy atom. The van der Waals surface area contributed by atoms with Crippen LogP contribution in [-0.2, 0) is 9.59 Å². The lowest BCUT2D eigenvalue weighted by molar-refractivity contribution is -0.150. The van der Waals surface area contributed by atoms with Gasteiger partial charge in [-0.15, -0.1) is 0 Å². The maximum Gasteiger partial charge on any atom is 0.390 e. The number of amides is 2. The van der Waals surface area contributed by atoms with Crippen LogP contribution in [0.2, 0.25) is 0 Å². The van der Waals surface area contributed by atoms with Gasteiger partial charge in [0.1, 0.15) is 17.6 Å². The second-order valence-electron chi connectivity index (χ2n) is 13.7. The number of alkyl halides is 3. The molecular weight excluding hydrogens is 605 g/mol. The first-order valence-corrected chi connectivity index (χ1v) is 16.0. The van der Waals surface area contributed by atoms with E-state index in [2.05, 4.69) is 23.6 Å². The number of aliphatic carboxylic acids is 1. The molecule has 0 aromatic heterocycles. The summed E-state index contributed by atoms with van der Waals surface area (Å²) in [6.45, 7) is 5.82. The minimum Gasteiger partial charge on any atom is -0.496 e. The summed E-state index contributed by atoms with van der Waals surface area (Å²) in [5.74, 6) is -2.33. The summed E-state index contributed by atoms with van der Waals surface area (Å²) in [6.07, 6.45) is -0.615. The van der Waals surface area contributed by atoms with E-state index in [9.17, 15) is 37.9 Å². The molecule has 3 aliphatic rings. The van der Waals surface area contributed by atoms with Crippen molar-refractivity contribution < 1.29 is 42.1 Å². The number of hydrogen-bond acceptors (Lipinski definition) is 7. The summed E-state index contributed by atoms with van der Waals surface area (Å²) >= 11 is 0. The van der Waals surface area contributed by atoms with Crippen LogP contribution < -0.4 is 20.1 Å². The molecule has 1 heterocycles. The van der Waals surface area contributed by atoms with Crippen LogP contribution in [-0.4, -0.2) is 78.9 Å². The molecule has 0 unspecified atom stereocenters. The van der Waals surface area contributed by atoms with Gasteiger partial charge in [-0.2, -0.15) is 18.4 Å². The number of ether oxygens (including phenoxy) is 2. The van der Waals surface area contributed by atoms with Crippen LogP contribution in [0.4, 0.5) is 13.2 Å². The minimum atomic E-state index is -4.37. The molecule has 46 heavy (non-hydrogen) atoms. The van der Waals surface area contributed by atoms with Crippen LogP contribution in [0.5, 0.6) is 11.5 Å². The molecule has 13 heteroatoms. The maximum atomic E-state index is 13.8. The van der Waals surface area contributed by atoms with Gasteiger partial charge in [0.15, 0.2) is 0 Å². The Kier molecular flexibility index (Phi) is 10.8. The van der Waals surface area contributed by atoms with Gasteiger partial charge in [-0.1, -0.05) is 20.3 Å². The lowest BCUT2D eigenvalue weighted by atomic mass is 9.70. The molecule has 0 bridgehead atoms. The standard InChI is InChI=1S/C33H45F3N4O6/c1-5-24-27(29(42)38-19-31(2)9-6-10-31)23(18-40(24)14-13-33(34,35)36)39-28(41)22-16-25(20(17-37)15-26(22)45-4)46-21-7-11-32(3,12-8-21)30(43)44/h15-16,21,23-24,27H,5-14,18-19H2,1-4H3,(H,38,42)(H,39,41)(H,43,44)/t21-,23-,24-,27-,32+/m0/s1. The molecule has 1 saturated heterocycles. The second kappa shape index (κ2) is 14.1. The van der Waals surface area contributed by atoms with Crippen LogP contribution in [0.25, 0.3) is 0 Å². The van der Waals surface area contributed by atoms with E-state index in [1.54, 1.807) is 11.8 Å². The Hall–Kier alpha value is -3.53. The highest BCUT2D eigenvalue weighted by atomic mass is 19.4. The van der Waals surface area contributed by atoms with Crippen molar-refractivity contribution in [3.8, 4) is 17.6 Å². The van der Waals surface area contributed by atoms with Gasteiger partial charge in [-0.05, 0) is 63.4 Å². The maximum absolute atomic E-state index is 13.8. The zero-order chi connectivity index (χ0) is 33.9. The number of nitriles is 1. The highest BCUT2D eigenvalue weighted by Gasteiger charge is 2.47. The molecule has 3 N–H and O–H groups in total. The van der Waals surface area contributed by atoms with Crippen molar-refractivity contribution in [2.45, 2.75) is 103 Å². The van der Waals surface area contributed by atoms with Crippen LogP contribution >= 0.6 is 0 Å². The summed E-state index contributed by atoms with van der Waals surface area (Å²) in [6, 6.07) is 3.55. The largest absolute Gasteiger partial charge is 0.496 e. The van der Waals surface area contributed by atoms with E-state index >= 15 is 0 Å². The molecule has 0 spiro atoms. The van der Waals surface area contributed by atoms with E-state index in [-0.39, 0.29) is 53.1 Å². The molecule has 2 saturated carbocycles. The summed E-state index contributed by atoms with van der Waals surface area (Å²) < 4.78 is 51.2. The molecule has 1 aromatic rings. The van der Waals surface area contributed by atoms with E-state index in [4.69, 9.17) is 9.47 Å². The first kappa shape index (κ1) is 35.3. The fourth-order valence-corrected chi connectivity index (χ4v) is 6.98. The summed E-state index contributed by atoms with van der Waals surface area (Å²) in [5.41, 5.74) is -0.688. The van der Waals surface area contributed by atoms with Crippen molar-refractivity contribution in [2.75, 3.05) is 26.7 Å². The Morgan fingerprint density at radius 1 is 1.13 bits per heavy atom. The number of carboxylic acid groups (broad SMARTS) is 1. The first-order chi connectivity index (χ1) is 21.6. The molecule has 10 nitrogen and oxygen atoms in total. The SMILES string of the molecule is CC[C@H]1[C@@H](C(=O)NCC2(C)CCC2)[C@@H](NC(=O)c2cc(O[C@H]3CC[C@@](C)(C(=O)O)CC3)c(C#N)cc2OC)CN1CCC(F)(F)F. The fraction of sp³-hybridized carbons (Fsp3) is 0.697. The Morgan fingerprint density at radius 2 is 1.80 bits per heavy atom. The second-order valence-corrected chi connectivity index (χ2v) is 13.7. The number of rotatable bonds is 12. The summed E-state index contributed by atoms with van der Waals surface area (Å²) in [5, 5.41) is 25.3.